The Bertz CT molecular complexity index is 292. The fraction of sp³-hybridized carbons (Fsp3) is 0.400. The van der Waals surface area contributed by atoms with E-state index in [-0.39, 0.29) is 0 Å². The highest BCUT2D eigenvalue weighted by molar-refractivity contribution is 8.04. The van der Waals surface area contributed by atoms with E-state index in [4.69, 9.17) is 0 Å². The van der Waals surface area contributed by atoms with Gasteiger partial charge in [-0.2, -0.15) is 0 Å². The molecule has 0 aromatic rings. The number of allylic oxidation sites excluding steroid dienone is 4. The van der Waals surface area contributed by atoms with Crippen molar-refractivity contribution in [3.8, 4) is 0 Å². The molecule has 0 saturated carbocycles. The van der Waals surface area contributed by atoms with E-state index in [1.165, 1.54) is 21.6 Å². The Kier molecular flexibility index (Phi) is 1.50. The van der Waals surface area contributed by atoms with Crippen LogP contribution in [0.15, 0.2) is 27.7 Å². The molecule has 11 heavy (non-hydrogen) atoms. The first kappa shape index (κ1) is 7.23. The summed E-state index contributed by atoms with van der Waals surface area (Å²) in [5.74, 6) is 0. The van der Waals surface area contributed by atoms with E-state index in [1.54, 1.807) is 0 Å². The van der Waals surface area contributed by atoms with Crippen molar-refractivity contribution in [3.05, 3.63) is 33.8 Å². The van der Waals surface area contributed by atoms with Crippen LogP contribution in [0.2, 0.25) is 0 Å². The number of hydrogen-bond acceptors (Lipinski definition) is 1. The predicted octanol–water partition coefficient (Wildman–Crippen LogP) is 3.09. The van der Waals surface area contributed by atoms with E-state index >= 15 is 0 Å². The maximum absolute atomic E-state index is 3.36. The molecule has 1 heterocycles. The molecule has 1 unspecified atom stereocenters. The van der Waals surface area contributed by atoms with Crippen molar-refractivity contribution in [2.24, 2.45) is 0 Å². The zero-order chi connectivity index (χ0) is 8.01. The van der Waals surface area contributed by atoms with Gasteiger partial charge in [-0.15, -0.1) is 11.8 Å². The van der Waals surface area contributed by atoms with Gasteiger partial charge in [0.25, 0.3) is 0 Å². The normalized spacial score (nSPS) is 28.8. The van der Waals surface area contributed by atoms with Crippen LogP contribution in [0.25, 0.3) is 0 Å². The molecule has 0 N–H and O–H groups in total. The highest BCUT2D eigenvalue weighted by Gasteiger charge is 2.25. The van der Waals surface area contributed by atoms with Gasteiger partial charge in [0.05, 0.1) is 0 Å². The first-order chi connectivity index (χ1) is 5.18. The van der Waals surface area contributed by atoms with Crippen LogP contribution < -0.4 is 0 Å². The SMILES string of the molecule is CC1=CC2=C(C)C(C)SC2=[C]1. The molecule has 1 aliphatic heterocycles. The summed E-state index contributed by atoms with van der Waals surface area (Å²) in [4.78, 5) is 1.35. The van der Waals surface area contributed by atoms with E-state index in [0.717, 1.165) is 0 Å². The van der Waals surface area contributed by atoms with Gasteiger partial charge in [-0.3, -0.25) is 0 Å². The van der Waals surface area contributed by atoms with Gasteiger partial charge < -0.3 is 0 Å². The average molecular weight is 163 g/mol. The first-order valence-corrected chi connectivity index (χ1v) is 4.76. The molecule has 0 fully saturated rings. The molecule has 0 bridgehead atoms. The second-order valence-electron chi connectivity index (χ2n) is 3.14. The Morgan fingerprint density at radius 1 is 1.45 bits per heavy atom. The summed E-state index contributed by atoms with van der Waals surface area (Å²) in [7, 11) is 0. The Morgan fingerprint density at radius 3 is 2.82 bits per heavy atom. The molecule has 0 nitrogen and oxygen atoms in total. The van der Waals surface area contributed by atoms with Gasteiger partial charge >= 0.3 is 0 Å². The van der Waals surface area contributed by atoms with Crippen molar-refractivity contribution in [1.82, 2.24) is 0 Å². The van der Waals surface area contributed by atoms with Crippen molar-refractivity contribution in [2.75, 3.05) is 0 Å². The molecule has 0 spiro atoms. The molecule has 1 aliphatic carbocycles. The van der Waals surface area contributed by atoms with Gasteiger partial charge in [0.1, 0.15) is 0 Å². The summed E-state index contributed by atoms with van der Waals surface area (Å²) in [6, 6.07) is 0. The Hall–Kier alpha value is -0.430. The third kappa shape index (κ3) is 0.987. The van der Waals surface area contributed by atoms with Crippen molar-refractivity contribution in [2.45, 2.75) is 26.0 Å². The van der Waals surface area contributed by atoms with E-state index in [9.17, 15) is 0 Å². The Balaban J connectivity index is 2.49. The molecule has 0 aromatic carbocycles. The third-order valence-electron chi connectivity index (χ3n) is 2.25. The van der Waals surface area contributed by atoms with Gasteiger partial charge in [-0.1, -0.05) is 11.6 Å². The number of hydrogen-bond donors (Lipinski definition) is 0. The van der Waals surface area contributed by atoms with Crippen LogP contribution in [0, 0.1) is 6.08 Å². The minimum absolute atomic E-state index is 0.664. The summed E-state index contributed by atoms with van der Waals surface area (Å²) >= 11 is 1.93. The topological polar surface area (TPSA) is 0 Å². The summed E-state index contributed by atoms with van der Waals surface area (Å²) in [5.41, 5.74) is 4.21. The molecule has 1 atom stereocenters. The van der Waals surface area contributed by atoms with Gasteiger partial charge in [0.2, 0.25) is 0 Å². The molecule has 1 radical (unpaired) electrons. The largest absolute Gasteiger partial charge is 0.117 e. The second-order valence-corrected chi connectivity index (χ2v) is 4.49. The molecule has 2 aliphatic rings. The Morgan fingerprint density at radius 2 is 2.18 bits per heavy atom. The zero-order valence-electron chi connectivity index (χ0n) is 7.06. The number of rotatable bonds is 0. The van der Waals surface area contributed by atoms with E-state index in [2.05, 4.69) is 32.9 Å². The van der Waals surface area contributed by atoms with Gasteiger partial charge in [0.15, 0.2) is 0 Å². The Labute approximate surface area is 72.1 Å². The lowest BCUT2D eigenvalue weighted by Crippen LogP contribution is -1.90. The van der Waals surface area contributed by atoms with Crippen LogP contribution >= 0.6 is 11.8 Å². The van der Waals surface area contributed by atoms with Crippen LogP contribution in [-0.4, -0.2) is 5.25 Å². The average Bonchev–Trinajstić information content (AvgIpc) is 2.37. The standard InChI is InChI=1S/C10H11S/c1-6-4-9-7(2)8(3)11-10(9)5-6/h4,8H,1-3H3. The summed E-state index contributed by atoms with van der Waals surface area (Å²) in [6.45, 7) is 6.58. The van der Waals surface area contributed by atoms with Crippen LogP contribution in [0.5, 0.6) is 0 Å². The summed E-state index contributed by atoms with van der Waals surface area (Å²) in [5, 5.41) is 0.664. The van der Waals surface area contributed by atoms with Crippen molar-refractivity contribution in [3.63, 3.8) is 0 Å². The van der Waals surface area contributed by atoms with Gasteiger partial charge in [-0.05, 0) is 31.9 Å². The van der Waals surface area contributed by atoms with Crippen LogP contribution in [0.1, 0.15) is 20.8 Å². The third-order valence-corrected chi connectivity index (χ3v) is 3.51. The highest BCUT2D eigenvalue weighted by Crippen LogP contribution is 2.45. The summed E-state index contributed by atoms with van der Waals surface area (Å²) < 4.78 is 0. The molecule has 0 amide bonds. The van der Waals surface area contributed by atoms with Crippen LogP contribution in [0.3, 0.4) is 0 Å². The molecule has 0 saturated heterocycles. The predicted molar refractivity (Wildman–Crippen MR) is 50.3 cm³/mol. The minimum Gasteiger partial charge on any atom is -0.117 e. The fourth-order valence-electron chi connectivity index (χ4n) is 1.43. The van der Waals surface area contributed by atoms with E-state index in [1.807, 2.05) is 11.8 Å². The molecule has 2 rings (SSSR count). The minimum atomic E-state index is 0.664. The second kappa shape index (κ2) is 2.28. The highest BCUT2D eigenvalue weighted by atomic mass is 32.2. The van der Waals surface area contributed by atoms with E-state index < -0.39 is 0 Å². The van der Waals surface area contributed by atoms with Gasteiger partial charge in [-0.25, -0.2) is 0 Å². The number of fused-ring (bicyclic) bond motifs is 1. The monoisotopic (exact) mass is 163 g/mol. The van der Waals surface area contributed by atoms with Crippen molar-refractivity contribution < 1.29 is 0 Å². The summed E-state index contributed by atoms with van der Waals surface area (Å²) in [6.07, 6.45) is 5.60. The van der Waals surface area contributed by atoms with Crippen LogP contribution in [0.4, 0.5) is 0 Å². The molecular weight excluding hydrogens is 152 g/mol. The maximum Gasteiger partial charge on any atom is 0.0282 e. The number of thioether (sulfide) groups is 1. The smallest absolute Gasteiger partial charge is 0.0282 e. The molecule has 1 heteroatoms. The first-order valence-electron chi connectivity index (χ1n) is 3.88. The molecular formula is C10H11S. The zero-order valence-corrected chi connectivity index (χ0v) is 7.88. The van der Waals surface area contributed by atoms with Crippen molar-refractivity contribution in [1.29, 1.82) is 0 Å². The van der Waals surface area contributed by atoms with E-state index in [0.29, 0.717) is 5.25 Å². The van der Waals surface area contributed by atoms with Crippen LogP contribution in [-0.2, 0) is 0 Å². The lowest BCUT2D eigenvalue weighted by molar-refractivity contribution is 1.13. The fourth-order valence-corrected chi connectivity index (χ4v) is 2.66. The lowest BCUT2D eigenvalue weighted by Gasteiger charge is -2.00. The molecule has 0 aromatic heterocycles. The van der Waals surface area contributed by atoms with Gasteiger partial charge in [0, 0.05) is 16.2 Å². The maximum atomic E-state index is 3.36. The quantitative estimate of drug-likeness (QED) is 0.529. The lowest BCUT2D eigenvalue weighted by atomic mass is 10.1. The molecule has 57 valence electrons. The van der Waals surface area contributed by atoms with Crippen molar-refractivity contribution >= 4 is 11.8 Å².